The fourth-order valence-corrected chi connectivity index (χ4v) is 2.72. The van der Waals surface area contributed by atoms with Crippen LogP contribution in [0, 0.1) is 10.1 Å². The van der Waals surface area contributed by atoms with Crippen molar-refractivity contribution in [1.29, 1.82) is 0 Å². The molecule has 1 amide bonds. The normalized spacial score (nSPS) is 17.2. The Balaban J connectivity index is 2.07. The monoisotopic (exact) mass is 293 g/mol. The third-order valence-corrected chi connectivity index (χ3v) is 3.81. The summed E-state index contributed by atoms with van der Waals surface area (Å²) in [5.41, 5.74) is 5.42. The van der Waals surface area contributed by atoms with Gasteiger partial charge < -0.3 is 16.2 Å². The third-order valence-electron chi connectivity index (χ3n) is 3.81. The molecule has 2 rings (SSSR count). The van der Waals surface area contributed by atoms with Crippen molar-refractivity contribution in [2.45, 2.75) is 44.1 Å². The summed E-state index contributed by atoms with van der Waals surface area (Å²) in [6.07, 6.45) is 4.86. The largest absolute Gasteiger partial charge is 0.508 e. The highest BCUT2D eigenvalue weighted by atomic mass is 16.6. The second-order valence-electron chi connectivity index (χ2n) is 5.61. The van der Waals surface area contributed by atoms with Crippen molar-refractivity contribution in [1.82, 2.24) is 0 Å². The average molecular weight is 293 g/mol. The van der Waals surface area contributed by atoms with Gasteiger partial charge in [-0.15, -0.1) is 0 Å². The van der Waals surface area contributed by atoms with Crippen LogP contribution in [0.3, 0.4) is 0 Å². The summed E-state index contributed by atoms with van der Waals surface area (Å²) >= 11 is 0. The second kappa shape index (κ2) is 6.09. The molecule has 1 fully saturated rings. The Kier molecular flexibility index (Phi) is 4.42. The number of carbonyl (C=O) groups is 1. The van der Waals surface area contributed by atoms with E-state index in [2.05, 4.69) is 5.32 Å². The summed E-state index contributed by atoms with van der Waals surface area (Å²) in [6.45, 7) is 0. The van der Waals surface area contributed by atoms with Crippen LogP contribution in [0.5, 0.6) is 5.75 Å². The number of hydrogen-bond donors (Lipinski definition) is 3. The molecule has 1 saturated carbocycles. The topological polar surface area (TPSA) is 118 Å². The van der Waals surface area contributed by atoms with Gasteiger partial charge in [0.1, 0.15) is 11.4 Å². The van der Waals surface area contributed by atoms with Crippen LogP contribution in [-0.2, 0) is 4.79 Å². The van der Waals surface area contributed by atoms with Gasteiger partial charge in [0.25, 0.3) is 5.69 Å². The highest BCUT2D eigenvalue weighted by Crippen LogP contribution is 2.31. The minimum absolute atomic E-state index is 0.0715. The summed E-state index contributed by atoms with van der Waals surface area (Å²) in [5.74, 6) is -0.560. The van der Waals surface area contributed by atoms with E-state index in [1.165, 1.54) is 12.1 Å². The number of phenolic OH excluding ortho intramolecular Hbond substituents is 1. The van der Waals surface area contributed by atoms with E-state index < -0.39 is 10.5 Å². The van der Waals surface area contributed by atoms with Gasteiger partial charge in [-0.3, -0.25) is 14.9 Å². The number of carbonyl (C=O) groups excluding carboxylic acids is 1. The van der Waals surface area contributed by atoms with Crippen LogP contribution in [0.25, 0.3) is 0 Å². The summed E-state index contributed by atoms with van der Waals surface area (Å²) in [7, 11) is 0. The minimum Gasteiger partial charge on any atom is -0.508 e. The lowest BCUT2D eigenvalue weighted by molar-refractivity contribution is -0.384. The molecule has 1 aliphatic carbocycles. The number of nitrogens with zero attached hydrogens (tertiary/aromatic N) is 1. The highest BCUT2D eigenvalue weighted by molar-refractivity contribution is 5.93. The summed E-state index contributed by atoms with van der Waals surface area (Å²) in [6, 6.07) is 3.62. The van der Waals surface area contributed by atoms with Crippen molar-refractivity contribution in [3.05, 3.63) is 28.3 Å². The molecule has 7 heteroatoms. The third kappa shape index (κ3) is 3.91. The van der Waals surface area contributed by atoms with Gasteiger partial charge in [0.2, 0.25) is 5.91 Å². The number of hydrogen-bond acceptors (Lipinski definition) is 5. The lowest BCUT2D eigenvalue weighted by Crippen LogP contribution is -2.44. The minimum atomic E-state index is -0.645. The lowest BCUT2D eigenvalue weighted by Gasteiger charge is -2.32. The smallest absolute Gasteiger partial charge is 0.296 e. The van der Waals surface area contributed by atoms with Crippen LogP contribution in [0.15, 0.2) is 18.2 Å². The zero-order valence-corrected chi connectivity index (χ0v) is 11.7. The van der Waals surface area contributed by atoms with Crippen molar-refractivity contribution < 1.29 is 14.8 Å². The Hall–Kier alpha value is -2.15. The molecule has 0 radical (unpaired) electrons. The van der Waals surface area contributed by atoms with Gasteiger partial charge >= 0.3 is 0 Å². The molecule has 1 aromatic carbocycles. The van der Waals surface area contributed by atoms with E-state index in [-0.39, 0.29) is 29.5 Å². The van der Waals surface area contributed by atoms with Gasteiger partial charge in [-0.25, -0.2) is 0 Å². The molecule has 114 valence electrons. The molecular weight excluding hydrogens is 274 g/mol. The molecule has 0 aliphatic heterocycles. The van der Waals surface area contributed by atoms with Crippen LogP contribution in [0.4, 0.5) is 11.4 Å². The van der Waals surface area contributed by atoms with E-state index in [4.69, 9.17) is 5.73 Å². The van der Waals surface area contributed by atoms with Crippen LogP contribution in [-0.4, -0.2) is 21.5 Å². The molecule has 0 unspecified atom stereocenters. The van der Waals surface area contributed by atoms with Crippen molar-refractivity contribution in [2.24, 2.45) is 5.73 Å². The van der Waals surface area contributed by atoms with Crippen molar-refractivity contribution >= 4 is 17.3 Å². The van der Waals surface area contributed by atoms with Crippen LogP contribution in [0.1, 0.15) is 38.5 Å². The number of nitrogens with one attached hydrogen (secondary N) is 1. The van der Waals surface area contributed by atoms with E-state index in [9.17, 15) is 20.0 Å². The number of nitro benzene ring substituents is 1. The van der Waals surface area contributed by atoms with Crippen LogP contribution in [0.2, 0.25) is 0 Å². The first-order chi connectivity index (χ1) is 9.89. The molecule has 0 heterocycles. The molecular formula is C14H19N3O4. The number of benzene rings is 1. The fraction of sp³-hybridized carbons (Fsp3) is 0.500. The molecule has 0 spiro atoms. The molecule has 0 atom stereocenters. The predicted octanol–water partition coefficient (Wildman–Crippen LogP) is 2.29. The fourth-order valence-electron chi connectivity index (χ4n) is 2.72. The highest BCUT2D eigenvalue weighted by Gasteiger charge is 2.30. The lowest BCUT2D eigenvalue weighted by atomic mass is 9.80. The van der Waals surface area contributed by atoms with Crippen LogP contribution >= 0.6 is 0 Å². The number of rotatable bonds is 4. The number of anilines is 1. The maximum Gasteiger partial charge on any atom is 0.296 e. The van der Waals surface area contributed by atoms with Crippen LogP contribution < -0.4 is 11.1 Å². The van der Waals surface area contributed by atoms with E-state index in [1.807, 2.05) is 0 Å². The van der Waals surface area contributed by atoms with E-state index in [0.717, 1.165) is 38.2 Å². The summed E-state index contributed by atoms with van der Waals surface area (Å²) in [5, 5.41) is 22.7. The predicted molar refractivity (Wildman–Crippen MR) is 78.0 cm³/mol. The molecule has 7 nitrogen and oxygen atoms in total. The quantitative estimate of drug-likeness (QED) is 0.447. The Morgan fingerprint density at radius 1 is 1.38 bits per heavy atom. The number of nitro groups is 1. The Bertz CT molecular complexity index is 553. The Morgan fingerprint density at radius 3 is 2.67 bits per heavy atom. The van der Waals surface area contributed by atoms with Crippen molar-refractivity contribution in [3.63, 3.8) is 0 Å². The molecule has 0 aromatic heterocycles. The first kappa shape index (κ1) is 15.2. The molecule has 0 bridgehead atoms. The molecule has 1 aromatic rings. The maximum atomic E-state index is 12.1. The Labute approximate surface area is 122 Å². The van der Waals surface area contributed by atoms with Crippen molar-refractivity contribution in [2.75, 3.05) is 5.32 Å². The van der Waals surface area contributed by atoms with Gasteiger partial charge in [-0.2, -0.15) is 0 Å². The molecule has 0 saturated heterocycles. The van der Waals surface area contributed by atoms with E-state index in [1.54, 1.807) is 0 Å². The summed E-state index contributed by atoms with van der Waals surface area (Å²) < 4.78 is 0. The SMILES string of the molecule is NC1(CC(=O)Nc2ccc(O)cc2[N+](=O)[O-])CCCCC1. The zero-order chi connectivity index (χ0) is 15.5. The summed E-state index contributed by atoms with van der Waals surface area (Å²) in [4.78, 5) is 22.4. The average Bonchev–Trinajstić information content (AvgIpc) is 2.40. The Morgan fingerprint density at radius 2 is 2.05 bits per heavy atom. The van der Waals surface area contributed by atoms with E-state index >= 15 is 0 Å². The zero-order valence-electron chi connectivity index (χ0n) is 11.7. The number of amides is 1. The van der Waals surface area contributed by atoms with Gasteiger partial charge in [0.05, 0.1) is 11.0 Å². The number of nitrogens with two attached hydrogens (primary N) is 1. The molecule has 21 heavy (non-hydrogen) atoms. The number of phenols is 1. The second-order valence-corrected chi connectivity index (χ2v) is 5.61. The number of aromatic hydroxyl groups is 1. The van der Waals surface area contributed by atoms with E-state index in [0.29, 0.717) is 0 Å². The first-order valence-corrected chi connectivity index (χ1v) is 6.96. The molecule has 1 aliphatic rings. The standard InChI is InChI=1S/C14H19N3O4/c15-14(6-2-1-3-7-14)9-13(19)16-11-5-4-10(18)8-12(11)17(20)21/h4-5,8,18H,1-3,6-7,9,15H2,(H,16,19). The first-order valence-electron chi connectivity index (χ1n) is 6.96. The maximum absolute atomic E-state index is 12.1. The molecule has 4 N–H and O–H groups in total. The van der Waals surface area contributed by atoms with Crippen molar-refractivity contribution in [3.8, 4) is 5.75 Å². The van der Waals surface area contributed by atoms with Gasteiger partial charge in [-0.05, 0) is 25.0 Å². The van der Waals surface area contributed by atoms with Gasteiger partial charge in [0, 0.05) is 12.0 Å². The van der Waals surface area contributed by atoms with Gasteiger partial charge in [-0.1, -0.05) is 19.3 Å². The van der Waals surface area contributed by atoms with Gasteiger partial charge in [0.15, 0.2) is 0 Å².